The molecular formula is C14H17F3N2O2. The Bertz CT molecular complexity index is 538. The molecule has 0 aliphatic heterocycles. The van der Waals surface area contributed by atoms with Gasteiger partial charge in [-0.25, -0.2) is 0 Å². The predicted molar refractivity (Wildman–Crippen MR) is 73.2 cm³/mol. The third kappa shape index (κ3) is 3.65. The van der Waals surface area contributed by atoms with Gasteiger partial charge < -0.3 is 5.32 Å². The number of alkyl halides is 3. The van der Waals surface area contributed by atoms with E-state index in [1.165, 1.54) is 0 Å². The lowest BCUT2D eigenvalue weighted by Crippen LogP contribution is -2.23. The minimum Gasteiger partial charge on any atom is -0.379 e. The maximum atomic E-state index is 12.6. The molecule has 116 valence electrons. The van der Waals surface area contributed by atoms with Crippen LogP contribution in [0.15, 0.2) is 18.2 Å². The number of hydrogen-bond donors (Lipinski definition) is 1. The van der Waals surface area contributed by atoms with Gasteiger partial charge in [0.2, 0.25) is 0 Å². The first-order valence-electron chi connectivity index (χ1n) is 6.81. The Labute approximate surface area is 120 Å². The van der Waals surface area contributed by atoms with Gasteiger partial charge in [0, 0.05) is 12.6 Å². The topological polar surface area (TPSA) is 55.2 Å². The third-order valence-corrected chi connectivity index (χ3v) is 4.04. The predicted octanol–water partition coefficient (Wildman–Crippen LogP) is 4.61. The summed E-state index contributed by atoms with van der Waals surface area (Å²) >= 11 is 0. The van der Waals surface area contributed by atoms with Crippen molar-refractivity contribution in [3.8, 4) is 0 Å². The van der Waals surface area contributed by atoms with Crippen molar-refractivity contribution in [1.82, 2.24) is 0 Å². The summed E-state index contributed by atoms with van der Waals surface area (Å²) in [5.74, 6) is 0. The molecule has 1 aliphatic carbocycles. The number of halogens is 3. The zero-order chi connectivity index (χ0) is 15.7. The molecule has 1 aromatic carbocycles. The Morgan fingerprint density at radius 1 is 1.33 bits per heavy atom. The average molecular weight is 302 g/mol. The second-order valence-corrected chi connectivity index (χ2v) is 5.86. The van der Waals surface area contributed by atoms with Crippen molar-refractivity contribution in [3.05, 3.63) is 33.9 Å². The van der Waals surface area contributed by atoms with Gasteiger partial charge in [-0.1, -0.05) is 19.8 Å². The van der Waals surface area contributed by atoms with Crippen LogP contribution in [0.2, 0.25) is 0 Å². The first kappa shape index (κ1) is 15.6. The van der Waals surface area contributed by atoms with Crippen molar-refractivity contribution in [1.29, 1.82) is 0 Å². The number of nitrogens with zero attached hydrogens (tertiary/aromatic N) is 1. The van der Waals surface area contributed by atoms with E-state index in [1.54, 1.807) is 0 Å². The Kier molecular flexibility index (Phi) is 4.11. The van der Waals surface area contributed by atoms with E-state index in [9.17, 15) is 23.3 Å². The molecule has 0 bridgehead atoms. The third-order valence-electron chi connectivity index (χ3n) is 4.04. The average Bonchev–Trinajstić information content (AvgIpc) is 2.82. The lowest BCUT2D eigenvalue weighted by atomic mass is 9.89. The van der Waals surface area contributed by atoms with E-state index < -0.39 is 22.4 Å². The summed E-state index contributed by atoms with van der Waals surface area (Å²) in [6.07, 6.45) is -0.301. The molecular weight excluding hydrogens is 285 g/mol. The van der Waals surface area contributed by atoms with E-state index in [4.69, 9.17) is 0 Å². The Morgan fingerprint density at radius 2 is 1.95 bits per heavy atom. The van der Waals surface area contributed by atoms with Gasteiger partial charge >= 0.3 is 6.18 Å². The van der Waals surface area contributed by atoms with Gasteiger partial charge in [-0.3, -0.25) is 10.1 Å². The lowest BCUT2D eigenvalue weighted by Gasteiger charge is -2.24. The number of rotatable bonds is 4. The second kappa shape index (κ2) is 5.54. The van der Waals surface area contributed by atoms with Gasteiger partial charge in [-0.05, 0) is 30.4 Å². The number of benzene rings is 1. The molecule has 0 saturated heterocycles. The highest BCUT2D eigenvalue weighted by Gasteiger charge is 2.34. The molecule has 0 atom stereocenters. The minimum absolute atomic E-state index is 0.0521. The Balaban J connectivity index is 2.21. The van der Waals surface area contributed by atoms with Crippen LogP contribution in [-0.2, 0) is 6.18 Å². The fourth-order valence-corrected chi connectivity index (χ4v) is 2.72. The summed E-state index contributed by atoms with van der Waals surface area (Å²) < 4.78 is 37.8. The molecule has 1 saturated carbocycles. The molecule has 7 heteroatoms. The highest BCUT2D eigenvalue weighted by Crippen LogP contribution is 2.39. The number of nitro benzene ring substituents is 1. The van der Waals surface area contributed by atoms with Crippen LogP contribution in [0, 0.1) is 15.5 Å². The van der Waals surface area contributed by atoms with Gasteiger partial charge in [0.25, 0.3) is 5.69 Å². The molecule has 21 heavy (non-hydrogen) atoms. The molecule has 0 unspecified atom stereocenters. The normalized spacial score (nSPS) is 17.7. The van der Waals surface area contributed by atoms with Crippen molar-refractivity contribution in [3.63, 3.8) is 0 Å². The van der Waals surface area contributed by atoms with E-state index in [0.29, 0.717) is 12.6 Å². The standard InChI is InChI=1S/C14H17F3N2O2/c1-13(6-2-3-7-13)9-18-11-5-4-10(14(15,16)17)8-12(11)19(20)21/h4-5,8,18H,2-3,6-7,9H2,1H3. The second-order valence-electron chi connectivity index (χ2n) is 5.86. The van der Waals surface area contributed by atoms with Gasteiger partial charge in [0.1, 0.15) is 5.69 Å². The molecule has 0 amide bonds. The van der Waals surface area contributed by atoms with Crippen molar-refractivity contribution in [2.24, 2.45) is 5.41 Å². The molecule has 1 aromatic rings. The summed E-state index contributed by atoms with van der Waals surface area (Å²) in [7, 11) is 0. The van der Waals surface area contributed by atoms with Crippen LogP contribution >= 0.6 is 0 Å². The Morgan fingerprint density at radius 3 is 2.48 bits per heavy atom. The summed E-state index contributed by atoms with van der Waals surface area (Å²) in [6, 6.07) is 2.59. The van der Waals surface area contributed by atoms with Crippen LogP contribution in [0.3, 0.4) is 0 Å². The van der Waals surface area contributed by atoms with Crippen LogP contribution in [0.5, 0.6) is 0 Å². The maximum Gasteiger partial charge on any atom is 0.416 e. The monoisotopic (exact) mass is 302 g/mol. The van der Waals surface area contributed by atoms with Gasteiger partial charge in [-0.15, -0.1) is 0 Å². The first-order valence-corrected chi connectivity index (χ1v) is 6.81. The molecule has 1 N–H and O–H groups in total. The smallest absolute Gasteiger partial charge is 0.379 e. The molecule has 0 aromatic heterocycles. The van der Waals surface area contributed by atoms with E-state index in [2.05, 4.69) is 12.2 Å². The number of hydrogen-bond acceptors (Lipinski definition) is 3. The van der Waals surface area contributed by atoms with Crippen LogP contribution in [0.4, 0.5) is 24.5 Å². The van der Waals surface area contributed by atoms with Gasteiger partial charge in [0.15, 0.2) is 0 Å². The van der Waals surface area contributed by atoms with Crippen molar-refractivity contribution in [2.45, 2.75) is 38.8 Å². The summed E-state index contributed by atoms with van der Waals surface area (Å²) in [6.45, 7) is 2.61. The molecule has 2 rings (SSSR count). The van der Waals surface area contributed by atoms with Gasteiger partial charge in [0.05, 0.1) is 10.5 Å². The maximum absolute atomic E-state index is 12.6. The first-order chi connectivity index (χ1) is 9.71. The van der Waals surface area contributed by atoms with Crippen LogP contribution < -0.4 is 5.32 Å². The molecule has 0 radical (unpaired) electrons. The minimum atomic E-state index is -4.58. The highest BCUT2D eigenvalue weighted by atomic mass is 19.4. The number of nitrogens with one attached hydrogen (secondary N) is 1. The van der Waals surface area contributed by atoms with Crippen LogP contribution in [-0.4, -0.2) is 11.5 Å². The fourth-order valence-electron chi connectivity index (χ4n) is 2.72. The summed E-state index contributed by atoms with van der Waals surface area (Å²) in [5, 5.41) is 13.9. The SMILES string of the molecule is CC1(CNc2ccc(C(F)(F)F)cc2[N+](=O)[O-])CCCC1. The number of anilines is 1. The molecule has 0 spiro atoms. The quantitative estimate of drug-likeness (QED) is 0.653. The van der Waals surface area contributed by atoms with E-state index in [-0.39, 0.29) is 11.1 Å². The van der Waals surface area contributed by atoms with Gasteiger partial charge in [-0.2, -0.15) is 13.2 Å². The Hall–Kier alpha value is -1.79. The molecule has 1 fully saturated rings. The lowest BCUT2D eigenvalue weighted by molar-refractivity contribution is -0.384. The summed E-state index contributed by atoms with van der Waals surface area (Å²) in [4.78, 5) is 10.2. The van der Waals surface area contributed by atoms with E-state index >= 15 is 0 Å². The van der Waals surface area contributed by atoms with Crippen molar-refractivity contribution < 1.29 is 18.1 Å². The van der Waals surface area contributed by atoms with Crippen molar-refractivity contribution >= 4 is 11.4 Å². The van der Waals surface area contributed by atoms with Crippen LogP contribution in [0.25, 0.3) is 0 Å². The summed E-state index contributed by atoms with van der Waals surface area (Å²) in [5.41, 5.74) is -1.35. The zero-order valence-corrected chi connectivity index (χ0v) is 11.7. The van der Waals surface area contributed by atoms with Crippen LogP contribution in [0.1, 0.15) is 38.2 Å². The zero-order valence-electron chi connectivity index (χ0n) is 11.7. The van der Waals surface area contributed by atoms with Crippen molar-refractivity contribution in [2.75, 3.05) is 11.9 Å². The van der Waals surface area contributed by atoms with E-state index in [0.717, 1.165) is 37.8 Å². The fraction of sp³-hybridized carbons (Fsp3) is 0.571. The number of nitro groups is 1. The molecule has 1 aliphatic rings. The largest absolute Gasteiger partial charge is 0.416 e. The molecule has 0 heterocycles. The highest BCUT2D eigenvalue weighted by molar-refractivity contribution is 5.63. The van der Waals surface area contributed by atoms with E-state index in [1.807, 2.05) is 0 Å². The molecule has 4 nitrogen and oxygen atoms in total.